The van der Waals surface area contributed by atoms with Crippen molar-refractivity contribution in [3.05, 3.63) is 30.1 Å². The minimum atomic E-state index is 0.0940. The Labute approximate surface area is 120 Å². The molecule has 1 heterocycles. The van der Waals surface area contributed by atoms with Crippen LogP contribution in [-0.4, -0.2) is 22.0 Å². The van der Waals surface area contributed by atoms with Crippen molar-refractivity contribution in [2.45, 2.75) is 40.2 Å². The number of amides is 1. The van der Waals surface area contributed by atoms with Crippen LogP contribution in [0.4, 0.5) is 0 Å². The van der Waals surface area contributed by atoms with Crippen LogP contribution >= 0.6 is 0 Å². The van der Waals surface area contributed by atoms with Gasteiger partial charge in [-0.1, -0.05) is 32.9 Å². The van der Waals surface area contributed by atoms with Crippen LogP contribution in [0.2, 0.25) is 0 Å². The van der Waals surface area contributed by atoms with Crippen molar-refractivity contribution in [1.82, 2.24) is 14.9 Å². The first-order valence-corrected chi connectivity index (χ1v) is 7.32. The fourth-order valence-corrected chi connectivity index (χ4v) is 2.32. The molecule has 0 saturated carbocycles. The normalized spacial score (nSPS) is 11.2. The van der Waals surface area contributed by atoms with Gasteiger partial charge in [-0.15, -0.1) is 0 Å². The summed E-state index contributed by atoms with van der Waals surface area (Å²) in [6.45, 7) is 7.88. The summed E-state index contributed by atoms with van der Waals surface area (Å²) in [6, 6.07) is 8.21. The fourth-order valence-electron chi connectivity index (χ4n) is 2.32. The fraction of sp³-hybridized carbons (Fsp3) is 0.500. The van der Waals surface area contributed by atoms with E-state index in [1.165, 1.54) is 5.52 Å². The van der Waals surface area contributed by atoms with Gasteiger partial charge in [0.15, 0.2) is 0 Å². The molecule has 4 nitrogen and oxygen atoms in total. The van der Waals surface area contributed by atoms with E-state index < -0.39 is 0 Å². The van der Waals surface area contributed by atoms with Crippen molar-refractivity contribution in [2.75, 3.05) is 6.54 Å². The quantitative estimate of drug-likeness (QED) is 0.879. The van der Waals surface area contributed by atoms with Gasteiger partial charge in [-0.25, -0.2) is 4.98 Å². The molecule has 0 aliphatic rings. The van der Waals surface area contributed by atoms with Gasteiger partial charge in [-0.2, -0.15) is 0 Å². The van der Waals surface area contributed by atoms with Crippen LogP contribution in [0.3, 0.4) is 0 Å². The lowest BCUT2D eigenvalue weighted by Gasteiger charge is -2.12. The third kappa shape index (κ3) is 3.38. The van der Waals surface area contributed by atoms with Gasteiger partial charge in [-0.05, 0) is 18.1 Å². The second-order valence-corrected chi connectivity index (χ2v) is 5.47. The van der Waals surface area contributed by atoms with Crippen LogP contribution in [0.15, 0.2) is 24.3 Å². The van der Waals surface area contributed by atoms with E-state index in [2.05, 4.69) is 29.8 Å². The Morgan fingerprint density at radius 3 is 2.80 bits per heavy atom. The average molecular weight is 273 g/mol. The number of nitrogens with one attached hydrogen (secondary N) is 1. The van der Waals surface area contributed by atoms with Gasteiger partial charge in [0.25, 0.3) is 0 Å². The highest BCUT2D eigenvalue weighted by molar-refractivity contribution is 5.76. The Hall–Kier alpha value is -1.84. The third-order valence-electron chi connectivity index (χ3n) is 3.27. The standard InChI is InChI=1S/C16H23N3O/c1-4-16(20)17-10-9-15-18-13-7-5-6-8-14(13)19(15)11-12(2)3/h5-8,12H,4,9-11H2,1-3H3,(H,17,20). The maximum atomic E-state index is 11.3. The second kappa shape index (κ2) is 6.55. The van der Waals surface area contributed by atoms with Crippen molar-refractivity contribution in [2.24, 2.45) is 5.92 Å². The van der Waals surface area contributed by atoms with Gasteiger partial charge >= 0.3 is 0 Å². The van der Waals surface area contributed by atoms with E-state index in [-0.39, 0.29) is 5.91 Å². The first kappa shape index (κ1) is 14.6. The molecule has 1 aromatic carbocycles. The molecule has 0 radical (unpaired) electrons. The van der Waals surface area contributed by atoms with Crippen LogP contribution in [-0.2, 0) is 17.8 Å². The predicted octanol–water partition coefficient (Wildman–Crippen LogP) is 2.76. The lowest BCUT2D eigenvalue weighted by Crippen LogP contribution is -2.25. The molecule has 0 atom stereocenters. The monoisotopic (exact) mass is 273 g/mol. The van der Waals surface area contributed by atoms with Crippen molar-refractivity contribution in [3.8, 4) is 0 Å². The highest BCUT2D eigenvalue weighted by Gasteiger charge is 2.11. The molecular weight excluding hydrogens is 250 g/mol. The molecule has 0 aliphatic heterocycles. The summed E-state index contributed by atoms with van der Waals surface area (Å²) in [6.07, 6.45) is 1.30. The molecule has 0 fully saturated rings. The van der Waals surface area contributed by atoms with E-state index in [9.17, 15) is 4.79 Å². The Balaban J connectivity index is 2.20. The number of hydrogen-bond acceptors (Lipinski definition) is 2. The number of nitrogens with zero attached hydrogens (tertiary/aromatic N) is 2. The van der Waals surface area contributed by atoms with Crippen molar-refractivity contribution >= 4 is 16.9 Å². The van der Waals surface area contributed by atoms with Gasteiger partial charge in [0.2, 0.25) is 5.91 Å². The number of carbonyl (C=O) groups excluding carboxylic acids is 1. The molecule has 0 bridgehead atoms. The third-order valence-corrected chi connectivity index (χ3v) is 3.27. The zero-order valence-electron chi connectivity index (χ0n) is 12.5. The van der Waals surface area contributed by atoms with Crippen molar-refractivity contribution in [1.29, 1.82) is 0 Å². The summed E-state index contributed by atoms with van der Waals surface area (Å²) in [5.74, 6) is 1.71. The molecule has 1 amide bonds. The second-order valence-electron chi connectivity index (χ2n) is 5.47. The number of para-hydroxylation sites is 2. The van der Waals surface area contributed by atoms with Crippen LogP contribution in [0.1, 0.15) is 33.0 Å². The summed E-state index contributed by atoms with van der Waals surface area (Å²) < 4.78 is 2.28. The summed E-state index contributed by atoms with van der Waals surface area (Å²) in [4.78, 5) is 16.0. The maximum absolute atomic E-state index is 11.3. The van der Waals surface area contributed by atoms with E-state index in [4.69, 9.17) is 4.98 Å². The topological polar surface area (TPSA) is 46.9 Å². The molecule has 1 aromatic heterocycles. The maximum Gasteiger partial charge on any atom is 0.219 e. The van der Waals surface area contributed by atoms with Gasteiger partial charge in [-0.3, -0.25) is 4.79 Å². The van der Waals surface area contributed by atoms with E-state index in [0.29, 0.717) is 18.9 Å². The summed E-state index contributed by atoms with van der Waals surface area (Å²) in [5, 5.41) is 2.91. The van der Waals surface area contributed by atoms with Gasteiger partial charge in [0.05, 0.1) is 11.0 Å². The molecular formula is C16H23N3O. The van der Waals surface area contributed by atoms with Crippen LogP contribution in [0.5, 0.6) is 0 Å². The highest BCUT2D eigenvalue weighted by atomic mass is 16.1. The zero-order valence-corrected chi connectivity index (χ0v) is 12.5. The van der Waals surface area contributed by atoms with Gasteiger partial charge in [0.1, 0.15) is 5.82 Å². The Kier molecular flexibility index (Phi) is 4.77. The molecule has 108 valence electrons. The van der Waals surface area contributed by atoms with E-state index in [1.54, 1.807) is 0 Å². The predicted molar refractivity (Wildman–Crippen MR) is 81.6 cm³/mol. The van der Waals surface area contributed by atoms with Crippen LogP contribution in [0, 0.1) is 5.92 Å². The number of fused-ring (bicyclic) bond motifs is 1. The summed E-state index contributed by atoms with van der Waals surface area (Å²) in [7, 11) is 0. The number of imidazole rings is 1. The average Bonchev–Trinajstić information content (AvgIpc) is 2.76. The summed E-state index contributed by atoms with van der Waals surface area (Å²) in [5.41, 5.74) is 2.21. The molecule has 0 unspecified atom stereocenters. The first-order valence-electron chi connectivity index (χ1n) is 7.32. The SMILES string of the molecule is CCC(=O)NCCc1nc2ccccc2n1CC(C)C. The summed E-state index contributed by atoms with van der Waals surface area (Å²) >= 11 is 0. The number of rotatable bonds is 6. The molecule has 4 heteroatoms. The number of benzene rings is 1. The lowest BCUT2D eigenvalue weighted by atomic mass is 10.2. The molecule has 0 spiro atoms. The van der Waals surface area contributed by atoms with E-state index in [0.717, 1.165) is 24.3 Å². The minimum absolute atomic E-state index is 0.0940. The van der Waals surface area contributed by atoms with Crippen molar-refractivity contribution in [3.63, 3.8) is 0 Å². The van der Waals surface area contributed by atoms with E-state index in [1.807, 2.05) is 25.1 Å². The minimum Gasteiger partial charge on any atom is -0.356 e. The van der Waals surface area contributed by atoms with E-state index >= 15 is 0 Å². The first-order chi connectivity index (χ1) is 9.61. The molecule has 1 N–H and O–H groups in total. The largest absolute Gasteiger partial charge is 0.356 e. The molecule has 0 saturated heterocycles. The van der Waals surface area contributed by atoms with Gasteiger partial charge in [0, 0.05) is 25.9 Å². The zero-order chi connectivity index (χ0) is 14.5. The van der Waals surface area contributed by atoms with Crippen molar-refractivity contribution < 1.29 is 4.79 Å². The Bertz CT molecular complexity index is 586. The smallest absolute Gasteiger partial charge is 0.219 e. The van der Waals surface area contributed by atoms with Crippen LogP contribution < -0.4 is 5.32 Å². The Morgan fingerprint density at radius 1 is 1.35 bits per heavy atom. The molecule has 20 heavy (non-hydrogen) atoms. The lowest BCUT2D eigenvalue weighted by molar-refractivity contribution is -0.120. The molecule has 2 rings (SSSR count). The number of carbonyl (C=O) groups is 1. The highest BCUT2D eigenvalue weighted by Crippen LogP contribution is 2.18. The Morgan fingerprint density at radius 2 is 2.10 bits per heavy atom. The molecule has 2 aromatic rings. The molecule has 0 aliphatic carbocycles. The number of hydrogen-bond donors (Lipinski definition) is 1. The van der Waals surface area contributed by atoms with Gasteiger partial charge < -0.3 is 9.88 Å². The number of aromatic nitrogens is 2. The van der Waals surface area contributed by atoms with Crippen LogP contribution in [0.25, 0.3) is 11.0 Å².